The predicted molar refractivity (Wildman–Crippen MR) is 86.4 cm³/mol. The summed E-state index contributed by atoms with van der Waals surface area (Å²) in [7, 11) is -3.04. The molecule has 0 aliphatic carbocycles. The second kappa shape index (κ2) is 7.06. The van der Waals surface area contributed by atoms with Crippen molar-refractivity contribution in [1.82, 2.24) is 4.90 Å². The SMILES string of the molecule is CCN(C(=O)COc1cccc(Cl)c1Cl)C1CCS(=O)(=O)C1. The zero-order chi connectivity index (χ0) is 16.3. The Bertz CT molecular complexity index is 663. The van der Waals surface area contributed by atoms with Gasteiger partial charge in [-0.05, 0) is 25.5 Å². The van der Waals surface area contributed by atoms with E-state index in [-0.39, 0.29) is 35.1 Å². The summed E-state index contributed by atoms with van der Waals surface area (Å²) in [5.74, 6) is 0.214. The molecule has 8 heteroatoms. The Labute approximate surface area is 140 Å². The first-order valence-electron chi connectivity index (χ1n) is 6.90. The van der Waals surface area contributed by atoms with Crippen LogP contribution in [0, 0.1) is 0 Å². The Kier molecular flexibility index (Phi) is 5.58. The second-order valence-electron chi connectivity index (χ2n) is 5.08. The van der Waals surface area contributed by atoms with E-state index in [0.717, 1.165) is 0 Å². The molecule has 1 fully saturated rings. The van der Waals surface area contributed by atoms with Gasteiger partial charge in [-0.2, -0.15) is 0 Å². The molecule has 1 heterocycles. The van der Waals surface area contributed by atoms with Gasteiger partial charge in [0, 0.05) is 12.6 Å². The van der Waals surface area contributed by atoms with E-state index in [4.69, 9.17) is 27.9 Å². The molecule has 1 saturated heterocycles. The minimum Gasteiger partial charge on any atom is -0.482 e. The topological polar surface area (TPSA) is 63.7 Å². The molecule has 1 aromatic rings. The number of ether oxygens (including phenoxy) is 1. The Balaban J connectivity index is 2.00. The number of rotatable bonds is 5. The number of benzene rings is 1. The molecule has 2 rings (SSSR count). The van der Waals surface area contributed by atoms with Crippen LogP contribution < -0.4 is 4.74 Å². The molecular formula is C14H17Cl2NO4S. The summed E-state index contributed by atoms with van der Waals surface area (Å²) in [5.41, 5.74) is 0. The van der Waals surface area contributed by atoms with E-state index >= 15 is 0 Å². The molecule has 1 aromatic carbocycles. The third-order valence-electron chi connectivity index (χ3n) is 3.58. The van der Waals surface area contributed by atoms with Crippen molar-refractivity contribution < 1.29 is 17.9 Å². The summed E-state index contributed by atoms with van der Waals surface area (Å²) < 4.78 is 28.5. The fourth-order valence-electron chi connectivity index (χ4n) is 2.48. The van der Waals surface area contributed by atoms with Crippen molar-refractivity contribution in [3.8, 4) is 5.75 Å². The van der Waals surface area contributed by atoms with Gasteiger partial charge in [-0.3, -0.25) is 4.79 Å². The van der Waals surface area contributed by atoms with E-state index in [9.17, 15) is 13.2 Å². The molecule has 0 radical (unpaired) electrons. The van der Waals surface area contributed by atoms with Crippen molar-refractivity contribution in [2.24, 2.45) is 0 Å². The third-order valence-corrected chi connectivity index (χ3v) is 6.13. The van der Waals surface area contributed by atoms with Crippen LogP contribution in [0.4, 0.5) is 0 Å². The van der Waals surface area contributed by atoms with E-state index in [1.807, 2.05) is 6.92 Å². The number of hydrogen-bond acceptors (Lipinski definition) is 4. The fourth-order valence-corrected chi connectivity index (χ4v) is 4.55. The highest BCUT2D eigenvalue weighted by molar-refractivity contribution is 7.91. The summed E-state index contributed by atoms with van der Waals surface area (Å²) in [6.07, 6.45) is 0.472. The Hall–Kier alpha value is -0.980. The van der Waals surface area contributed by atoms with E-state index < -0.39 is 9.84 Å². The second-order valence-corrected chi connectivity index (χ2v) is 8.09. The molecule has 1 amide bonds. The van der Waals surface area contributed by atoms with Gasteiger partial charge in [0.25, 0.3) is 5.91 Å². The summed E-state index contributed by atoms with van der Waals surface area (Å²) in [6, 6.07) is 4.65. The lowest BCUT2D eigenvalue weighted by Gasteiger charge is -2.26. The van der Waals surface area contributed by atoms with Gasteiger partial charge in [0.05, 0.1) is 16.5 Å². The molecule has 0 bridgehead atoms. The maximum absolute atomic E-state index is 12.3. The Morgan fingerprint density at radius 1 is 1.41 bits per heavy atom. The number of carbonyl (C=O) groups is 1. The maximum atomic E-state index is 12.3. The Morgan fingerprint density at radius 3 is 2.73 bits per heavy atom. The van der Waals surface area contributed by atoms with Crippen LogP contribution in [0.1, 0.15) is 13.3 Å². The quantitative estimate of drug-likeness (QED) is 0.803. The van der Waals surface area contributed by atoms with Gasteiger partial charge >= 0.3 is 0 Å². The number of nitrogens with zero attached hydrogens (tertiary/aromatic N) is 1. The van der Waals surface area contributed by atoms with E-state index in [2.05, 4.69) is 0 Å². The zero-order valence-corrected chi connectivity index (χ0v) is 14.4. The van der Waals surface area contributed by atoms with Gasteiger partial charge in [0.2, 0.25) is 0 Å². The lowest BCUT2D eigenvalue weighted by atomic mass is 10.2. The summed E-state index contributed by atoms with van der Waals surface area (Å²) in [4.78, 5) is 13.8. The van der Waals surface area contributed by atoms with Crippen molar-refractivity contribution in [3.63, 3.8) is 0 Å². The molecule has 1 unspecified atom stereocenters. The van der Waals surface area contributed by atoms with Gasteiger partial charge in [-0.1, -0.05) is 29.3 Å². The molecule has 22 heavy (non-hydrogen) atoms. The molecule has 0 spiro atoms. The van der Waals surface area contributed by atoms with E-state index in [1.54, 1.807) is 23.1 Å². The number of carbonyl (C=O) groups excluding carboxylic acids is 1. The minimum absolute atomic E-state index is 0.0184. The summed E-state index contributed by atoms with van der Waals surface area (Å²) in [6.45, 7) is 2.05. The van der Waals surface area contributed by atoms with Gasteiger partial charge < -0.3 is 9.64 Å². The standard InChI is InChI=1S/C14H17Cl2NO4S/c1-2-17(10-6-7-22(19,20)9-10)13(18)8-21-12-5-3-4-11(15)14(12)16/h3-5,10H,2,6-9H2,1H3. The van der Waals surface area contributed by atoms with E-state index in [1.165, 1.54) is 0 Å². The van der Waals surface area contributed by atoms with Gasteiger partial charge in [0.1, 0.15) is 10.8 Å². The molecule has 0 N–H and O–H groups in total. The first kappa shape index (κ1) is 17.4. The van der Waals surface area contributed by atoms with Crippen LogP contribution in [-0.2, 0) is 14.6 Å². The van der Waals surface area contributed by atoms with Gasteiger partial charge in [-0.25, -0.2) is 8.42 Å². The van der Waals surface area contributed by atoms with Crippen LogP contribution in [0.2, 0.25) is 10.0 Å². The number of likely N-dealkylation sites (N-methyl/N-ethyl adjacent to an activating group) is 1. The highest BCUT2D eigenvalue weighted by Crippen LogP contribution is 2.31. The van der Waals surface area contributed by atoms with Crippen molar-refractivity contribution in [3.05, 3.63) is 28.2 Å². The fraction of sp³-hybridized carbons (Fsp3) is 0.500. The average molecular weight is 366 g/mol. The number of amides is 1. The van der Waals surface area contributed by atoms with Gasteiger partial charge in [-0.15, -0.1) is 0 Å². The van der Waals surface area contributed by atoms with Crippen molar-refractivity contribution in [2.75, 3.05) is 24.7 Å². The van der Waals surface area contributed by atoms with Crippen LogP contribution >= 0.6 is 23.2 Å². The average Bonchev–Trinajstić information content (AvgIpc) is 2.81. The van der Waals surface area contributed by atoms with Crippen molar-refractivity contribution in [1.29, 1.82) is 0 Å². The normalized spacial score (nSPS) is 19.9. The lowest BCUT2D eigenvalue weighted by Crippen LogP contribution is -2.43. The predicted octanol–water partition coefficient (Wildman–Crippen LogP) is 2.41. The zero-order valence-electron chi connectivity index (χ0n) is 12.1. The van der Waals surface area contributed by atoms with E-state index in [0.29, 0.717) is 23.7 Å². The largest absolute Gasteiger partial charge is 0.482 e. The lowest BCUT2D eigenvalue weighted by molar-refractivity contribution is -0.135. The number of halogens is 2. The highest BCUT2D eigenvalue weighted by Gasteiger charge is 2.33. The minimum atomic E-state index is -3.04. The third kappa shape index (κ3) is 4.06. The highest BCUT2D eigenvalue weighted by atomic mass is 35.5. The molecule has 0 saturated carbocycles. The number of hydrogen-bond donors (Lipinski definition) is 0. The Morgan fingerprint density at radius 2 is 2.14 bits per heavy atom. The van der Waals surface area contributed by atoms with Gasteiger partial charge in [0.15, 0.2) is 16.4 Å². The van der Waals surface area contributed by atoms with Crippen molar-refractivity contribution in [2.45, 2.75) is 19.4 Å². The number of sulfone groups is 1. The van der Waals surface area contributed by atoms with Crippen molar-refractivity contribution >= 4 is 38.9 Å². The van der Waals surface area contributed by atoms with Crippen LogP contribution in [-0.4, -0.2) is 49.9 Å². The first-order chi connectivity index (χ1) is 10.3. The molecule has 122 valence electrons. The molecule has 1 atom stereocenters. The summed E-state index contributed by atoms with van der Waals surface area (Å²) >= 11 is 11.9. The van der Waals surface area contributed by atoms with Crippen LogP contribution in [0.25, 0.3) is 0 Å². The first-order valence-corrected chi connectivity index (χ1v) is 9.48. The smallest absolute Gasteiger partial charge is 0.260 e. The maximum Gasteiger partial charge on any atom is 0.260 e. The van der Waals surface area contributed by atoms with Crippen LogP contribution in [0.15, 0.2) is 18.2 Å². The molecular weight excluding hydrogens is 349 g/mol. The molecule has 1 aliphatic heterocycles. The van der Waals surface area contributed by atoms with Crippen LogP contribution in [0.5, 0.6) is 5.75 Å². The summed E-state index contributed by atoms with van der Waals surface area (Å²) in [5, 5.41) is 0.601. The molecule has 1 aliphatic rings. The van der Waals surface area contributed by atoms with Crippen LogP contribution in [0.3, 0.4) is 0 Å². The molecule has 0 aromatic heterocycles. The molecule has 5 nitrogen and oxygen atoms in total. The monoisotopic (exact) mass is 365 g/mol.